The highest BCUT2D eigenvalue weighted by Crippen LogP contribution is 2.30. The quantitative estimate of drug-likeness (QED) is 0.533. The summed E-state index contributed by atoms with van der Waals surface area (Å²) in [6, 6.07) is 18.1. The minimum Gasteiger partial charge on any atom is -0.495 e. The van der Waals surface area contributed by atoms with Crippen molar-refractivity contribution < 1.29 is 4.74 Å². The normalized spacial score (nSPS) is 14.4. The maximum Gasteiger partial charge on any atom is 0.190 e. The Balaban J connectivity index is 1.41. The van der Waals surface area contributed by atoms with Crippen LogP contribution >= 0.6 is 0 Å². The Morgan fingerprint density at radius 1 is 0.828 bits per heavy atom. The summed E-state index contributed by atoms with van der Waals surface area (Å²) in [6.45, 7) is 3.42. The van der Waals surface area contributed by atoms with Crippen molar-refractivity contribution in [3.8, 4) is 11.4 Å². The molecule has 8 nitrogen and oxygen atoms in total. The van der Waals surface area contributed by atoms with E-state index in [1.165, 1.54) is 0 Å². The van der Waals surface area contributed by atoms with Crippen molar-refractivity contribution >= 4 is 22.5 Å². The van der Waals surface area contributed by atoms with Gasteiger partial charge < -0.3 is 14.5 Å². The van der Waals surface area contributed by atoms with Crippen LogP contribution in [0.4, 0.5) is 11.5 Å². The predicted molar refractivity (Wildman–Crippen MR) is 112 cm³/mol. The maximum absolute atomic E-state index is 5.52. The second kappa shape index (κ2) is 7.38. The minimum absolute atomic E-state index is 0.716. The van der Waals surface area contributed by atoms with Gasteiger partial charge in [-0.3, -0.25) is 0 Å². The first kappa shape index (κ1) is 17.4. The van der Waals surface area contributed by atoms with Gasteiger partial charge >= 0.3 is 0 Å². The summed E-state index contributed by atoms with van der Waals surface area (Å²) in [5.41, 5.74) is 2.79. The van der Waals surface area contributed by atoms with Gasteiger partial charge in [0.05, 0.1) is 30.1 Å². The molecule has 8 heteroatoms. The summed E-state index contributed by atoms with van der Waals surface area (Å²) >= 11 is 0. The number of piperazine rings is 1. The number of aromatic nitrogens is 5. The molecule has 0 radical (unpaired) electrons. The van der Waals surface area contributed by atoms with Gasteiger partial charge in [0.15, 0.2) is 11.5 Å². The molecule has 0 atom stereocenters. The smallest absolute Gasteiger partial charge is 0.190 e. The Morgan fingerprint density at radius 3 is 2.34 bits per heavy atom. The van der Waals surface area contributed by atoms with Crippen molar-refractivity contribution in [2.75, 3.05) is 43.1 Å². The van der Waals surface area contributed by atoms with Gasteiger partial charge in [0.2, 0.25) is 0 Å². The van der Waals surface area contributed by atoms with Gasteiger partial charge in [0.1, 0.15) is 5.75 Å². The standard InChI is InChI=1S/C21H21N7O/c1-29-19-10-6-5-9-18(19)26-11-13-27(14-12-26)20-17-15-22-28(21(17)24-25-23-20)16-7-3-2-4-8-16/h2-10,15H,11-14H2,1H3. The van der Waals surface area contributed by atoms with E-state index >= 15 is 0 Å². The zero-order valence-electron chi connectivity index (χ0n) is 16.1. The molecule has 146 valence electrons. The summed E-state index contributed by atoms with van der Waals surface area (Å²) in [5, 5.41) is 18.0. The van der Waals surface area contributed by atoms with Crippen LogP contribution in [0.15, 0.2) is 60.8 Å². The molecule has 0 spiro atoms. The van der Waals surface area contributed by atoms with Crippen LogP contribution < -0.4 is 14.5 Å². The molecule has 29 heavy (non-hydrogen) atoms. The summed E-state index contributed by atoms with van der Waals surface area (Å²) in [4.78, 5) is 4.59. The topological polar surface area (TPSA) is 72.2 Å². The van der Waals surface area contributed by atoms with Crippen molar-refractivity contribution in [2.24, 2.45) is 0 Å². The lowest BCUT2D eigenvalue weighted by atomic mass is 10.2. The van der Waals surface area contributed by atoms with Crippen LogP contribution in [0.5, 0.6) is 5.75 Å². The number of hydrogen-bond acceptors (Lipinski definition) is 7. The Morgan fingerprint density at radius 2 is 1.55 bits per heavy atom. The van der Waals surface area contributed by atoms with Gasteiger partial charge in [-0.2, -0.15) is 5.10 Å². The lowest BCUT2D eigenvalue weighted by molar-refractivity contribution is 0.413. The van der Waals surface area contributed by atoms with E-state index in [-0.39, 0.29) is 0 Å². The molecule has 1 fully saturated rings. The molecular weight excluding hydrogens is 366 g/mol. The van der Waals surface area contributed by atoms with Crippen LogP contribution in [0, 0.1) is 0 Å². The van der Waals surface area contributed by atoms with E-state index in [0.717, 1.165) is 54.5 Å². The van der Waals surface area contributed by atoms with Crippen LogP contribution in [0.2, 0.25) is 0 Å². The van der Waals surface area contributed by atoms with E-state index in [2.05, 4.69) is 36.4 Å². The largest absolute Gasteiger partial charge is 0.495 e. The highest BCUT2D eigenvalue weighted by molar-refractivity contribution is 5.87. The van der Waals surface area contributed by atoms with E-state index in [4.69, 9.17) is 4.74 Å². The average Bonchev–Trinajstić information content (AvgIpc) is 3.24. The number of para-hydroxylation sites is 3. The molecular formula is C21H21N7O. The highest BCUT2D eigenvalue weighted by atomic mass is 16.5. The summed E-state index contributed by atoms with van der Waals surface area (Å²) in [6.07, 6.45) is 1.83. The van der Waals surface area contributed by atoms with E-state index in [0.29, 0.717) is 5.65 Å². The van der Waals surface area contributed by atoms with Crippen molar-refractivity contribution in [1.82, 2.24) is 25.2 Å². The Hall–Kier alpha value is -3.68. The first-order valence-electron chi connectivity index (χ1n) is 9.60. The monoisotopic (exact) mass is 387 g/mol. The third kappa shape index (κ3) is 3.12. The molecule has 5 rings (SSSR count). The Kier molecular flexibility index (Phi) is 4.44. The zero-order chi connectivity index (χ0) is 19.6. The van der Waals surface area contributed by atoms with Crippen LogP contribution in [0.1, 0.15) is 0 Å². The van der Waals surface area contributed by atoms with Crippen LogP contribution in [0.3, 0.4) is 0 Å². The van der Waals surface area contributed by atoms with Gasteiger partial charge in [-0.1, -0.05) is 30.3 Å². The Bertz CT molecular complexity index is 1120. The number of fused-ring (bicyclic) bond motifs is 1. The molecule has 4 aromatic rings. The molecule has 0 N–H and O–H groups in total. The van der Waals surface area contributed by atoms with Crippen LogP contribution in [-0.4, -0.2) is 58.5 Å². The average molecular weight is 387 g/mol. The van der Waals surface area contributed by atoms with Gasteiger partial charge in [-0.25, -0.2) is 4.68 Å². The molecule has 0 aliphatic carbocycles. The molecule has 1 aliphatic rings. The number of rotatable bonds is 4. The van der Waals surface area contributed by atoms with Crippen LogP contribution in [-0.2, 0) is 0 Å². The van der Waals surface area contributed by atoms with E-state index in [1.807, 2.05) is 54.7 Å². The molecule has 2 aromatic heterocycles. The second-order valence-electron chi connectivity index (χ2n) is 6.89. The fourth-order valence-electron chi connectivity index (χ4n) is 3.80. The molecule has 1 saturated heterocycles. The third-order valence-corrected chi connectivity index (χ3v) is 5.27. The number of benzene rings is 2. The van der Waals surface area contributed by atoms with Crippen LogP contribution in [0.25, 0.3) is 16.7 Å². The summed E-state index contributed by atoms with van der Waals surface area (Å²) in [7, 11) is 1.71. The predicted octanol–water partition coefficient (Wildman–Crippen LogP) is 2.55. The molecule has 0 saturated carbocycles. The molecule has 2 aromatic carbocycles. The van der Waals surface area contributed by atoms with Crippen molar-refractivity contribution in [3.63, 3.8) is 0 Å². The SMILES string of the molecule is COc1ccccc1N1CCN(c2nnnc3c2cnn3-c2ccccc2)CC1. The molecule has 0 unspecified atom stereocenters. The fourth-order valence-corrected chi connectivity index (χ4v) is 3.80. The van der Waals surface area contributed by atoms with Crippen molar-refractivity contribution in [3.05, 3.63) is 60.8 Å². The second-order valence-corrected chi connectivity index (χ2v) is 6.89. The first-order valence-corrected chi connectivity index (χ1v) is 9.60. The molecule has 1 aliphatic heterocycles. The lowest BCUT2D eigenvalue weighted by Crippen LogP contribution is -2.47. The summed E-state index contributed by atoms with van der Waals surface area (Å²) < 4.78 is 7.32. The molecule has 0 amide bonds. The fraction of sp³-hybridized carbons (Fsp3) is 0.238. The molecule has 0 bridgehead atoms. The van der Waals surface area contributed by atoms with Crippen molar-refractivity contribution in [2.45, 2.75) is 0 Å². The number of anilines is 2. The number of ether oxygens (including phenoxy) is 1. The van der Waals surface area contributed by atoms with E-state index in [1.54, 1.807) is 11.8 Å². The highest BCUT2D eigenvalue weighted by Gasteiger charge is 2.23. The number of hydrogen-bond donors (Lipinski definition) is 0. The summed E-state index contributed by atoms with van der Waals surface area (Å²) in [5.74, 6) is 1.73. The van der Waals surface area contributed by atoms with Gasteiger partial charge in [0, 0.05) is 26.2 Å². The Labute approximate surface area is 168 Å². The molecule has 3 heterocycles. The number of methoxy groups -OCH3 is 1. The van der Waals surface area contributed by atoms with E-state index < -0.39 is 0 Å². The lowest BCUT2D eigenvalue weighted by Gasteiger charge is -2.37. The maximum atomic E-state index is 5.52. The van der Waals surface area contributed by atoms with Crippen molar-refractivity contribution in [1.29, 1.82) is 0 Å². The van der Waals surface area contributed by atoms with E-state index in [9.17, 15) is 0 Å². The zero-order valence-corrected chi connectivity index (χ0v) is 16.1. The first-order chi connectivity index (χ1) is 14.3. The third-order valence-electron chi connectivity index (χ3n) is 5.27. The number of nitrogens with zero attached hydrogens (tertiary/aromatic N) is 7. The van der Waals surface area contributed by atoms with Gasteiger partial charge in [0.25, 0.3) is 0 Å². The van der Waals surface area contributed by atoms with Gasteiger partial charge in [-0.05, 0) is 29.5 Å². The minimum atomic E-state index is 0.716. The van der Waals surface area contributed by atoms with Gasteiger partial charge in [-0.15, -0.1) is 10.2 Å².